The topological polar surface area (TPSA) is 138 Å². The van der Waals surface area contributed by atoms with Gasteiger partial charge in [0.2, 0.25) is 0 Å². The van der Waals surface area contributed by atoms with Gasteiger partial charge in [-0.1, -0.05) is 0 Å². The number of rotatable bonds is 0. The second-order valence-corrected chi connectivity index (χ2v) is 30.4. The molecule has 0 unspecified atom stereocenters. The molecule has 0 saturated carbocycles. The molecule has 26 heteroatoms. The van der Waals surface area contributed by atoms with Crippen molar-refractivity contribution in [3.63, 3.8) is 0 Å². The Labute approximate surface area is 185 Å². The van der Waals surface area contributed by atoms with Crippen molar-refractivity contribution >= 4 is 104 Å². The highest BCUT2D eigenvalue weighted by Crippen LogP contribution is 2.25. The highest BCUT2D eigenvalue weighted by Gasteiger charge is 2.54. The lowest BCUT2D eigenvalue weighted by Crippen LogP contribution is -2.68. The Morgan fingerprint density at radius 2 is 0.379 bits per heavy atom. The molecule has 0 radical (unpaired) electrons. The normalized spacial score (nSPS) is 53.7. The summed E-state index contributed by atoms with van der Waals surface area (Å²) in [5, 5.41) is 0. The van der Waals surface area contributed by atoms with E-state index < -0.39 is 104 Å². The Hall–Kier alpha value is 1.79. The van der Waals surface area contributed by atoms with Crippen molar-refractivity contribution in [2.75, 3.05) is 0 Å². The summed E-state index contributed by atoms with van der Waals surface area (Å²) < 4.78 is 84.6. The van der Waals surface area contributed by atoms with Gasteiger partial charge in [-0.2, -0.15) is 0 Å². The molecule has 0 aromatic heterocycles. The predicted molar refractivity (Wildman–Crippen MR) is 113 cm³/mol. The lowest BCUT2D eigenvalue weighted by Gasteiger charge is -2.44. The molecule has 7 heterocycles. The summed E-state index contributed by atoms with van der Waals surface area (Å²) in [4.78, 5) is 0. The van der Waals surface area contributed by atoms with Crippen LogP contribution < -0.4 is 0 Å². The molecule has 166 valence electrons. The average Bonchev–Trinajstić information content (AvgIpc) is 2.47. The van der Waals surface area contributed by atoms with Crippen molar-refractivity contribution in [1.29, 1.82) is 0 Å². The van der Waals surface area contributed by atoms with Gasteiger partial charge in [0.1, 0.15) is 0 Å². The quantitative estimate of drug-likeness (QED) is 0.242. The highest BCUT2D eigenvalue weighted by molar-refractivity contribution is 6.82. The lowest BCUT2D eigenvalue weighted by atomic mass is 11.9. The third-order valence-electron chi connectivity index (χ3n) is 3.82. The van der Waals surface area contributed by atoms with E-state index in [0.29, 0.717) is 0 Å². The molecule has 7 rings (SSSR count). The van der Waals surface area contributed by atoms with Crippen molar-refractivity contribution in [2.45, 2.75) is 19.6 Å². The lowest BCUT2D eigenvalue weighted by molar-refractivity contribution is 0.0408. The molecule has 0 aromatic rings. The van der Waals surface area contributed by atoms with Crippen LogP contribution in [0.1, 0.15) is 0 Å². The fourth-order valence-corrected chi connectivity index (χ4v) is 40.5. The average molecular weight is 605 g/mol. The van der Waals surface area contributed by atoms with Crippen molar-refractivity contribution < 1.29 is 61.7 Å². The maximum absolute atomic E-state index is 5.69. The van der Waals surface area contributed by atoms with Gasteiger partial charge >= 0.3 is 76.2 Å². The van der Waals surface area contributed by atoms with Crippen molar-refractivity contribution in [2.24, 2.45) is 0 Å². The molecule has 8 bridgehead atoms. The molecule has 7 saturated heterocycles. The minimum Gasteiger partial charge on any atom is -0.420 e. The number of hydrogen-bond acceptors (Lipinski definition) is 15. The molecule has 7 fully saturated rings. The maximum Gasteiger partial charge on any atom is 0.461 e. The fourth-order valence-electron chi connectivity index (χ4n) is 2.76. The first-order chi connectivity index (χ1) is 14.0. The van der Waals surface area contributed by atoms with E-state index in [1.165, 1.54) is 0 Å². The Balaban J connectivity index is 0.000000171. The van der Waals surface area contributed by atoms with Crippen molar-refractivity contribution in [3.8, 4) is 0 Å². The summed E-state index contributed by atoms with van der Waals surface area (Å²) >= 11 is 0. The van der Waals surface area contributed by atoms with Gasteiger partial charge < -0.3 is 61.7 Å². The van der Waals surface area contributed by atoms with Crippen molar-refractivity contribution in [1.82, 2.24) is 0 Å². The van der Waals surface area contributed by atoms with Crippen LogP contribution in [-0.2, 0) is 61.7 Å². The van der Waals surface area contributed by atoms with E-state index in [1.807, 2.05) is 0 Å². The molecule has 7 aliphatic heterocycles. The maximum atomic E-state index is 5.69. The Morgan fingerprint density at radius 1 is 0.241 bits per heavy atom. The first-order valence-electron chi connectivity index (χ1n) is 8.80. The van der Waals surface area contributed by atoms with Gasteiger partial charge in [-0.25, -0.2) is 0 Å². The van der Waals surface area contributed by atoms with Gasteiger partial charge in [0.15, 0.2) is 0 Å². The molecule has 0 aromatic carbocycles. The van der Waals surface area contributed by atoms with Crippen LogP contribution >= 0.6 is 0 Å². The van der Waals surface area contributed by atoms with E-state index >= 15 is 0 Å². The number of hydrogen-bond donors (Lipinski definition) is 0. The molecular formula is C3H20O15Si11. The summed E-state index contributed by atoms with van der Waals surface area (Å²) in [6, 6.07) is 0. The van der Waals surface area contributed by atoms with Crippen LogP contribution in [0.2, 0.25) is 19.6 Å². The van der Waals surface area contributed by atoms with Crippen LogP contribution in [0.3, 0.4) is 0 Å². The van der Waals surface area contributed by atoms with E-state index in [1.54, 1.807) is 0 Å². The first-order valence-corrected chi connectivity index (χ1v) is 26.4. The third kappa shape index (κ3) is 6.02. The van der Waals surface area contributed by atoms with Crippen molar-refractivity contribution in [3.05, 3.63) is 0 Å². The Morgan fingerprint density at radius 3 is 0.517 bits per heavy atom. The summed E-state index contributed by atoms with van der Waals surface area (Å²) in [7, 11) is -23.7. The zero-order chi connectivity index (χ0) is 20.0. The highest BCUT2D eigenvalue weighted by atomic mass is 28.6. The fraction of sp³-hybridized carbons (Fsp3) is 1.00. The smallest absolute Gasteiger partial charge is 0.420 e. The van der Waals surface area contributed by atoms with Gasteiger partial charge in [0, 0.05) is 0 Å². The molecule has 0 spiro atoms. The molecule has 7 aliphatic rings. The summed E-state index contributed by atoms with van der Waals surface area (Å²) in [6.45, 7) is 6.20. The minimum absolute atomic E-state index is 1.21. The van der Waals surface area contributed by atoms with Crippen LogP contribution in [0.5, 0.6) is 0 Å². The standard InChI is InChI=1S/C3H12O3Si3.H8O12Si8/c1-7-4-8(2)6-9(3)5-7;1-13-2-15-6-17-4-14(1)5-18-7-16(3-13)9-19(8-15)12-20(10-17)11-18/h7-9H,1-3H3;13-20H. The zero-order valence-electron chi connectivity index (χ0n) is 15.5. The largest absolute Gasteiger partial charge is 0.461 e. The molecule has 29 heavy (non-hydrogen) atoms. The summed E-state index contributed by atoms with van der Waals surface area (Å²) in [5.74, 6) is 0. The van der Waals surface area contributed by atoms with Gasteiger partial charge in [0.05, 0.1) is 0 Å². The molecule has 0 aliphatic carbocycles. The molecular weight excluding hydrogens is 585 g/mol. The van der Waals surface area contributed by atoms with Crippen LogP contribution in [0.15, 0.2) is 0 Å². The molecule has 0 N–H and O–H groups in total. The van der Waals surface area contributed by atoms with Crippen LogP contribution in [0.4, 0.5) is 0 Å². The van der Waals surface area contributed by atoms with Gasteiger partial charge in [0.25, 0.3) is 27.9 Å². The Kier molecular flexibility index (Phi) is 7.75. The van der Waals surface area contributed by atoms with E-state index in [4.69, 9.17) is 61.7 Å². The summed E-state index contributed by atoms with van der Waals surface area (Å²) in [5.41, 5.74) is 0. The van der Waals surface area contributed by atoms with E-state index in [-0.39, 0.29) is 0 Å². The van der Waals surface area contributed by atoms with Crippen LogP contribution in [0, 0.1) is 0 Å². The monoisotopic (exact) mass is 604 g/mol. The van der Waals surface area contributed by atoms with E-state index in [9.17, 15) is 0 Å². The molecule has 0 amide bonds. The summed E-state index contributed by atoms with van der Waals surface area (Å²) in [6.07, 6.45) is 0. The van der Waals surface area contributed by atoms with Gasteiger partial charge in [-0.15, -0.1) is 0 Å². The third-order valence-corrected chi connectivity index (χ3v) is 34.3. The van der Waals surface area contributed by atoms with Crippen LogP contribution in [0.25, 0.3) is 0 Å². The van der Waals surface area contributed by atoms with E-state index in [2.05, 4.69) is 19.6 Å². The molecule has 0 atom stereocenters. The van der Waals surface area contributed by atoms with Crippen LogP contribution in [-0.4, -0.2) is 104 Å². The SMILES string of the molecule is C[SiH]1O[SiH](C)O[SiH](C)O1.O1[SiH]2O[SiH]3O[SiH]4O[SiH]1O[SiH]1O[SiH](O2)O[SiH](O3)O[SiH](O4)O1. The second kappa shape index (κ2) is 9.96. The zero-order valence-corrected chi connectivity index (χ0v) is 28.2. The van der Waals surface area contributed by atoms with Gasteiger partial charge in [-0.05, 0) is 19.6 Å². The first kappa shape index (κ1) is 22.6. The Bertz CT molecular complexity index is 398. The minimum atomic E-state index is -2.51. The predicted octanol–water partition coefficient (Wildman–Crippen LogP) is -6.41. The molecule has 15 nitrogen and oxygen atoms in total. The second-order valence-electron chi connectivity index (χ2n) is 6.05. The van der Waals surface area contributed by atoms with Gasteiger partial charge in [-0.3, -0.25) is 0 Å². The van der Waals surface area contributed by atoms with E-state index in [0.717, 1.165) is 0 Å².